The molecule has 0 N–H and O–H groups in total. The van der Waals surface area contributed by atoms with Crippen molar-refractivity contribution < 1.29 is 19.0 Å². The Morgan fingerprint density at radius 3 is 2.78 bits per heavy atom. The predicted molar refractivity (Wildman–Crippen MR) is 105 cm³/mol. The van der Waals surface area contributed by atoms with Crippen LogP contribution in [0.25, 0.3) is 10.2 Å². The van der Waals surface area contributed by atoms with Gasteiger partial charge in [-0.1, -0.05) is 29.5 Å². The number of hydrogen-bond acceptors (Lipinski definition) is 5. The van der Waals surface area contributed by atoms with Crippen LogP contribution in [0.2, 0.25) is 0 Å². The maximum Gasteiger partial charge on any atom is 0.286 e. The number of ether oxygens (including phenoxy) is 3. The number of thiazole rings is 1. The quantitative estimate of drug-likeness (QED) is 0.558. The summed E-state index contributed by atoms with van der Waals surface area (Å²) in [5.41, 5.74) is 1.04. The molecule has 0 aliphatic carbocycles. The summed E-state index contributed by atoms with van der Waals surface area (Å²) in [6, 6.07) is 15.1. The molecule has 0 bridgehead atoms. The first-order valence-electron chi connectivity index (χ1n) is 8.71. The van der Waals surface area contributed by atoms with Gasteiger partial charge in [-0.05, 0) is 31.2 Å². The maximum absolute atomic E-state index is 12.3. The number of benzene rings is 2. The monoisotopic (exact) mass is 386 g/mol. The number of carbonyl (C=O) groups excluding carboxylic acids is 1. The van der Waals surface area contributed by atoms with E-state index in [2.05, 4.69) is 4.99 Å². The summed E-state index contributed by atoms with van der Waals surface area (Å²) < 4.78 is 19.2. The minimum Gasteiger partial charge on any atom is -0.497 e. The largest absolute Gasteiger partial charge is 0.497 e. The minimum atomic E-state index is -0.338. The van der Waals surface area contributed by atoms with Crippen molar-refractivity contribution in [2.45, 2.75) is 13.5 Å². The molecule has 0 spiro atoms. The molecule has 0 atom stereocenters. The number of amides is 1. The van der Waals surface area contributed by atoms with Crippen LogP contribution in [0.1, 0.15) is 6.92 Å². The van der Waals surface area contributed by atoms with Gasteiger partial charge in [-0.2, -0.15) is 4.99 Å². The first kappa shape index (κ1) is 19.1. The number of fused-ring (bicyclic) bond motifs is 1. The van der Waals surface area contributed by atoms with Crippen LogP contribution >= 0.6 is 11.3 Å². The third kappa shape index (κ3) is 4.96. The van der Waals surface area contributed by atoms with Gasteiger partial charge in [0, 0.05) is 19.2 Å². The third-order valence-electron chi connectivity index (χ3n) is 3.88. The number of hydrogen-bond donors (Lipinski definition) is 0. The van der Waals surface area contributed by atoms with Crippen LogP contribution in [0.5, 0.6) is 11.5 Å². The zero-order chi connectivity index (χ0) is 19.1. The molecule has 0 aliphatic rings. The number of methoxy groups -OCH3 is 1. The molecule has 1 amide bonds. The van der Waals surface area contributed by atoms with Gasteiger partial charge in [0.05, 0.1) is 23.9 Å². The van der Waals surface area contributed by atoms with E-state index in [-0.39, 0.29) is 12.5 Å². The summed E-state index contributed by atoms with van der Waals surface area (Å²) in [5.74, 6) is 0.906. The second kappa shape index (κ2) is 9.34. The molecule has 2 aromatic carbocycles. The maximum atomic E-state index is 12.3. The molecule has 0 aliphatic heterocycles. The Kier molecular flexibility index (Phi) is 6.62. The molecule has 1 aromatic heterocycles. The molecule has 1 heterocycles. The Hall–Kier alpha value is -2.64. The Morgan fingerprint density at radius 2 is 1.96 bits per heavy atom. The molecule has 3 aromatic rings. The van der Waals surface area contributed by atoms with Crippen LogP contribution in [0, 0.1) is 0 Å². The van der Waals surface area contributed by atoms with E-state index < -0.39 is 0 Å². The van der Waals surface area contributed by atoms with Crippen molar-refractivity contribution in [2.75, 3.05) is 26.9 Å². The summed E-state index contributed by atoms with van der Waals surface area (Å²) in [4.78, 5) is 17.3. The summed E-state index contributed by atoms with van der Waals surface area (Å²) in [6.45, 7) is 3.69. The van der Waals surface area contributed by atoms with E-state index in [1.165, 1.54) is 11.3 Å². The number of rotatable bonds is 8. The predicted octanol–water partition coefficient (Wildman–Crippen LogP) is 3.25. The molecule has 0 unspecified atom stereocenters. The van der Waals surface area contributed by atoms with E-state index >= 15 is 0 Å². The van der Waals surface area contributed by atoms with Crippen LogP contribution in [0.3, 0.4) is 0 Å². The van der Waals surface area contributed by atoms with Crippen molar-refractivity contribution >= 4 is 27.5 Å². The zero-order valence-corrected chi connectivity index (χ0v) is 16.2. The van der Waals surface area contributed by atoms with E-state index in [0.717, 1.165) is 10.2 Å². The summed E-state index contributed by atoms with van der Waals surface area (Å²) >= 11 is 1.48. The molecule has 27 heavy (non-hydrogen) atoms. The highest BCUT2D eigenvalue weighted by Crippen LogP contribution is 2.19. The smallest absolute Gasteiger partial charge is 0.286 e. The minimum absolute atomic E-state index is 0.132. The van der Waals surface area contributed by atoms with Gasteiger partial charge in [0.15, 0.2) is 11.4 Å². The Morgan fingerprint density at radius 1 is 1.15 bits per heavy atom. The number of aromatic nitrogens is 1. The SMILES string of the molecule is CCOCCn1c(=NC(=O)COc2cccc(OC)c2)sc2ccccc21. The lowest BCUT2D eigenvalue weighted by Crippen LogP contribution is -2.21. The van der Waals surface area contributed by atoms with E-state index in [4.69, 9.17) is 14.2 Å². The fourth-order valence-corrected chi connectivity index (χ4v) is 3.67. The molecule has 0 radical (unpaired) electrons. The second-order valence-electron chi connectivity index (χ2n) is 5.67. The van der Waals surface area contributed by atoms with Crippen molar-refractivity contribution in [3.05, 3.63) is 53.3 Å². The first-order valence-corrected chi connectivity index (χ1v) is 9.53. The van der Waals surface area contributed by atoms with Crippen LogP contribution in [0.15, 0.2) is 53.5 Å². The summed E-state index contributed by atoms with van der Waals surface area (Å²) in [5, 5.41) is 0. The lowest BCUT2D eigenvalue weighted by atomic mass is 10.3. The lowest BCUT2D eigenvalue weighted by Gasteiger charge is -2.06. The molecular formula is C20H22N2O4S. The average molecular weight is 386 g/mol. The molecule has 142 valence electrons. The molecule has 0 saturated heterocycles. The second-order valence-corrected chi connectivity index (χ2v) is 6.68. The Labute approximate surface area is 161 Å². The van der Waals surface area contributed by atoms with E-state index in [1.54, 1.807) is 19.2 Å². The molecule has 0 saturated carbocycles. The fraction of sp³-hybridized carbons (Fsp3) is 0.300. The van der Waals surface area contributed by atoms with Crippen LogP contribution in [0.4, 0.5) is 0 Å². The van der Waals surface area contributed by atoms with Crippen molar-refractivity contribution in [3.63, 3.8) is 0 Å². The molecule has 7 heteroatoms. The van der Waals surface area contributed by atoms with Gasteiger partial charge < -0.3 is 18.8 Å². The Bertz CT molecular complexity index is 977. The van der Waals surface area contributed by atoms with E-state index in [1.807, 2.05) is 47.9 Å². The van der Waals surface area contributed by atoms with Crippen molar-refractivity contribution in [2.24, 2.45) is 4.99 Å². The number of carbonyl (C=O) groups is 1. The zero-order valence-electron chi connectivity index (χ0n) is 15.4. The summed E-state index contributed by atoms with van der Waals surface area (Å²) in [6.07, 6.45) is 0. The van der Waals surface area contributed by atoms with Crippen LogP contribution in [-0.2, 0) is 16.1 Å². The average Bonchev–Trinajstić information content (AvgIpc) is 3.04. The highest BCUT2D eigenvalue weighted by molar-refractivity contribution is 7.16. The van der Waals surface area contributed by atoms with Gasteiger partial charge in [0.1, 0.15) is 11.5 Å². The van der Waals surface area contributed by atoms with Crippen molar-refractivity contribution in [3.8, 4) is 11.5 Å². The molecule has 0 fully saturated rings. The van der Waals surface area contributed by atoms with Gasteiger partial charge in [0.25, 0.3) is 5.91 Å². The third-order valence-corrected chi connectivity index (χ3v) is 4.93. The lowest BCUT2D eigenvalue weighted by molar-refractivity contribution is -0.120. The standard InChI is InChI=1S/C20H22N2O4S/c1-3-25-12-11-22-17-9-4-5-10-18(17)27-20(22)21-19(23)14-26-16-8-6-7-15(13-16)24-2/h4-10,13H,3,11-12,14H2,1-2H3. The van der Waals surface area contributed by atoms with Crippen LogP contribution < -0.4 is 14.3 Å². The van der Waals surface area contributed by atoms with Gasteiger partial charge in [-0.25, -0.2) is 0 Å². The van der Waals surface area contributed by atoms with Crippen molar-refractivity contribution in [1.82, 2.24) is 4.57 Å². The summed E-state index contributed by atoms with van der Waals surface area (Å²) in [7, 11) is 1.59. The number of nitrogens with zero attached hydrogens (tertiary/aromatic N) is 2. The Balaban J connectivity index is 1.79. The van der Waals surface area contributed by atoms with E-state index in [9.17, 15) is 4.79 Å². The van der Waals surface area contributed by atoms with E-state index in [0.29, 0.717) is 36.1 Å². The molecule has 3 rings (SSSR count). The highest BCUT2D eigenvalue weighted by atomic mass is 32.1. The molecule has 6 nitrogen and oxygen atoms in total. The highest BCUT2D eigenvalue weighted by Gasteiger charge is 2.08. The van der Waals surface area contributed by atoms with Gasteiger partial charge >= 0.3 is 0 Å². The number of para-hydroxylation sites is 1. The first-order chi connectivity index (χ1) is 13.2. The van der Waals surface area contributed by atoms with Crippen molar-refractivity contribution in [1.29, 1.82) is 0 Å². The van der Waals surface area contributed by atoms with Gasteiger partial charge in [-0.3, -0.25) is 4.79 Å². The van der Waals surface area contributed by atoms with Gasteiger partial charge in [-0.15, -0.1) is 0 Å². The fourth-order valence-electron chi connectivity index (χ4n) is 2.60. The topological polar surface area (TPSA) is 62.1 Å². The van der Waals surface area contributed by atoms with Gasteiger partial charge in [0.2, 0.25) is 0 Å². The molecular weight excluding hydrogens is 364 g/mol. The van der Waals surface area contributed by atoms with Crippen LogP contribution in [-0.4, -0.2) is 37.4 Å². The normalized spacial score (nSPS) is 11.7.